The molecule has 284 valence electrons. The monoisotopic (exact) mass is 768 g/mol. The summed E-state index contributed by atoms with van der Waals surface area (Å²) in [6.45, 7) is 48.6. The average Bonchev–Trinajstić information content (AvgIpc) is 2.95. The van der Waals surface area contributed by atoms with E-state index in [2.05, 4.69) is 204 Å². The minimum Gasteiger partial charge on any atom is -0.410 e. The summed E-state index contributed by atoms with van der Waals surface area (Å²) in [6, 6.07) is 19.3. The molecule has 8 heteroatoms. The van der Waals surface area contributed by atoms with Gasteiger partial charge in [-0.05, 0) is 66.0 Å². The number of fused-ring (bicyclic) bond motifs is 2. The minimum absolute atomic E-state index is 0.193. The molecule has 0 heterocycles. The fourth-order valence-corrected chi connectivity index (χ4v) is 11.4. The summed E-state index contributed by atoms with van der Waals surface area (Å²) >= 11 is 0. The number of nitrogens with one attached hydrogen (secondary N) is 4. The fraction of sp³-hybridized carbons (Fsp3) is 0.545. The molecule has 0 aromatic heterocycles. The molecule has 0 atom stereocenters. The van der Waals surface area contributed by atoms with Gasteiger partial charge in [-0.15, -0.1) is 0 Å². The smallest absolute Gasteiger partial charge is 0.152 e. The Balaban J connectivity index is 1.95. The van der Waals surface area contributed by atoms with Crippen LogP contribution in [0.15, 0.2) is 48.5 Å². The number of benzene rings is 5. The highest BCUT2D eigenvalue weighted by atomic mass is 28.3. The van der Waals surface area contributed by atoms with Gasteiger partial charge in [-0.25, -0.2) is 0 Å². The van der Waals surface area contributed by atoms with Crippen LogP contribution in [0, 0.1) is 0 Å². The van der Waals surface area contributed by atoms with Crippen molar-refractivity contribution in [3.8, 4) is 0 Å². The molecule has 0 aliphatic rings. The Morgan fingerprint density at radius 2 is 0.462 bits per heavy atom. The van der Waals surface area contributed by atoms with E-state index in [9.17, 15) is 0 Å². The Morgan fingerprint density at radius 3 is 0.615 bits per heavy atom. The van der Waals surface area contributed by atoms with Crippen molar-refractivity contribution in [3.05, 3.63) is 48.5 Å². The van der Waals surface area contributed by atoms with Crippen molar-refractivity contribution < 1.29 is 0 Å². The summed E-state index contributed by atoms with van der Waals surface area (Å²) < 4.78 is 0. The van der Waals surface area contributed by atoms with E-state index in [1.807, 2.05) is 0 Å². The van der Waals surface area contributed by atoms with Gasteiger partial charge in [-0.3, -0.25) is 0 Å². The van der Waals surface area contributed by atoms with E-state index in [0.29, 0.717) is 0 Å². The molecular formula is C44H72N4Si4. The van der Waals surface area contributed by atoms with Gasteiger partial charge in [-0.2, -0.15) is 0 Å². The maximum Gasteiger partial charge on any atom is 0.152 e. The second-order valence-electron chi connectivity index (χ2n) is 22.1. The van der Waals surface area contributed by atoms with E-state index in [1.54, 1.807) is 0 Å². The summed E-state index contributed by atoms with van der Waals surface area (Å²) in [6.07, 6.45) is 0. The number of rotatable bonds is 8. The largest absolute Gasteiger partial charge is 0.410 e. The lowest BCUT2D eigenvalue weighted by Crippen LogP contribution is -2.46. The van der Waals surface area contributed by atoms with Crippen LogP contribution in [0.1, 0.15) is 83.1 Å². The quantitative estimate of drug-likeness (QED) is 0.0721. The lowest BCUT2D eigenvalue weighted by Gasteiger charge is -2.40. The van der Waals surface area contributed by atoms with Gasteiger partial charge in [0.2, 0.25) is 0 Å². The first-order chi connectivity index (χ1) is 23.3. The van der Waals surface area contributed by atoms with Crippen LogP contribution in [0.3, 0.4) is 0 Å². The zero-order chi connectivity index (χ0) is 39.4. The summed E-state index contributed by atoms with van der Waals surface area (Å²) in [5.41, 5.74) is 5.06. The molecule has 4 nitrogen and oxygen atoms in total. The molecule has 0 unspecified atom stereocenters. The zero-order valence-corrected chi connectivity index (χ0v) is 40.6. The molecule has 4 N–H and O–H groups in total. The Kier molecular flexibility index (Phi) is 9.77. The van der Waals surface area contributed by atoms with Gasteiger partial charge in [0.15, 0.2) is 32.9 Å². The van der Waals surface area contributed by atoms with E-state index in [0.717, 1.165) is 0 Å². The van der Waals surface area contributed by atoms with Gasteiger partial charge in [0, 0.05) is 44.3 Å². The number of hydrogen-bond acceptors (Lipinski definition) is 4. The van der Waals surface area contributed by atoms with Crippen molar-refractivity contribution >= 4 is 98.8 Å². The third-order valence-corrected chi connectivity index (χ3v) is 32.8. The van der Waals surface area contributed by atoms with Crippen LogP contribution >= 0.6 is 0 Å². The highest BCUT2D eigenvalue weighted by Gasteiger charge is 2.40. The Bertz CT molecular complexity index is 1840. The molecule has 5 rings (SSSR count). The van der Waals surface area contributed by atoms with E-state index in [1.165, 1.54) is 65.8 Å². The summed E-state index contributed by atoms with van der Waals surface area (Å²) in [7, 11) is -7.58. The normalized spacial score (nSPS) is 14.5. The lowest BCUT2D eigenvalue weighted by molar-refractivity contribution is 0.723. The van der Waals surface area contributed by atoms with Crippen molar-refractivity contribution in [1.29, 1.82) is 0 Å². The van der Waals surface area contributed by atoms with Crippen LogP contribution in [0.4, 0.5) is 22.7 Å². The Hall–Kier alpha value is -2.53. The number of hydrogen-bond donors (Lipinski definition) is 4. The first kappa shape index (κ1) is 40.6. The zero-order valence-electron chi connectivity index (χ0n) is 36.6. The summed E-state index contributed by atoms with van der Waals surface area (Å²) in [5, 5.41) is 11.6. The van der Waals surface area contributed by atoms with E-state index < -0.39 is 32.9 Å². The van der Waals surface area contributed by atoms with Crippen LogP contribution in [0.25, 0.3) is 43.1 Å². The molecular weight excluding hydrogens is 697 g/mol. The van der Waals surface area contributed by atoms with Crippen molar-refractivity contribution in [2.45, 2.75) is 156 Å². The van der Waals surface area contributed by atoms with Crippen LogP contribution in [0.2, 0.25) is 72.5 Å². The third kappa shape index (κ3) is 6.95. The second kappa shape index (κ2) is 12.5. The van der Waals surface area contributed by atoms with E-state index in [-0.39, 0.29) is 20.2 Å². The molecule has 52 heavy (non-hydrogen) atoms. The average molecular weight is 769 g/mol. The Labute approximate surface area is 321 Å². The molecule has 0 bridgehead atoms. The van der Waals surface area contributed by atoms with Crippen molar-refractivity contribution in [1.82, 2.24) is 0 Å². The van der Waals surface area contributed by atoms with E-state index in [4.69, 9.17) is 0 Å². The molecule has 5 aromatic carbocycles. The van der Waals surface area contributed by atoms with Gasteiger partial charge in [0.05, 0.1) is 0 Å². The first-order valence-corrected chi connectivity index (χ1v) is 31.6. The van der Waals surface area contributed by atoms with Gasteiger partial charge >= 0.3 is 0 Å². The molecule has 0 aliphatic heterocycles. The fourth-order valence-electron chi connectivity index (χ4n) is 6.40. The first-order valence-electron chi connectivity index (χ1n) is 19.6. The number of anilines is 4. The van der Waals surface area contributed by atoms with Crippen LogP contribution in [-0.2, 0) is 0 Å². The summed E-state index contributed by atoms with van der Waals surface area (Å²) in [5.74, 6) is 0. The summed E-state index contributed by atoms with van der Waals surface area (Å²) in [4.78, 5) is 16.9. The predicted octanol–water partition coefficient (Wildman–Crippen LogP) is 15.4. The van der Waals surface area contributed by atoms with Gasteiger partial charge in [-0.1, -0.05) is 160 Å². The van der Waals surface area contributed by atoms with Crippen molar-refractivity contribution in [3.63, 3.8) is 0 Å². The van der Waals surface area contributed by atoms with Gasteiger partial charge in [0.25, 0.3) is 0 Å². The molecule has 0 amide bonds. The molecule has 0 radical (unpaired) electrons. The van der Waals surface area contributed by atoms with Crippen molar-refractivity contribution in [2.75, 3.05) is 19.9 Å². The van der Waals surface area contributed by atoms with Crippen LogP contribution < -0.4 is 19.9 Å². The minimum atomic E-state index is -1.90. The van der Waals surface area contributed by atoms with Crippen LogP contribution in [-0.4, -0.2) is 32.9 Å². The van der Waals surface area contributed by atoms with E-state index >= 15 is 0 Å². The molecule has 0 fully saturated rings. The molecule has 0 saturated heterocycles. The highest BCUT2D eigenvalue weighted by molar-refractivity contribution is 6.85. The predicted molar refractivity (Wildman–Crippen MR) is 251 cm³/mol. The topological polar surface area (TPSA) is 48.1 Å². The standard InChI is InChI=1S/C44H72N4Si4/c1-41(2,3)49(13,14)45-33-25-21-29-31-23-27-35(47-51(17,18)43(7,8)9)40-36(48-52(19,20)44(10,11)12)28-24-32(38(31)40)30-22-26-34(39(33)37(29)30)46-50(15,16)42(4,5)6/h21-28,45-48H,1-20H3. The molecule has 0 saturated carbocycles. The van der Waals surface area contributed by atoms with Crippen molar-refractivity contribution in [2.24, 2.45) is 0 Å². The molecule has 5 aromatic rings. The van der Waals surface area contributed by atoms with Gasteiger partial charge < -0.3 is 19.9 Å². The maximum atomic E-state index is 4.22. The Morgan fingerprint density at radius 1 is 0.288 bits per heavy atom. The highest BCUT2D eigenvalue weighted by Crippen LogP contribution is 2.51. The molecule has 0 spiro atoms. The molecule has 0 aliphatic carbocycles. The van der Waals surface area contributed by atoms with Gasteiger partial charge in [0.1, 0.15) is 0 Å². The lowest BCUT2D eigenvalue weighted by atomic mass is 9.88. The van der Waals surface area contributed by atoms with Crippen LogP contribution in [0.5, 0.6) is 0 Å². The SMILES string of the molecule is CC(C)(C)[Si](C)(C)Nc1ccc2c3ccc(N[Si](C)(C)C(C)(C)C)c4c(N[Si](C)(C)C(C)(C)C)ccc(c5ccc(N[Si](C)(C)C(C)(C)C)c1c25)c43. The second-order valence-corrected chi connectivity index (χ2v) is 42.1. The third-order valence-electron chi connectivity index (χ3n) is 14.2. The maximum absolute atomic E-state index is 4.22.